The van der Waals surface area contributed by atoms with Crippen molar-refractivity contribution < 1.29 is 0 Å². The second-order valence-electron chi connectivity index (χ2n) is 6.74. The van der Waals surface area contributed by atoms with Gasteiger partial charge in [-0.3, -0.25) is 9.36 Å². The molecule has 2 heterocycles. The molecule has 1 aromatic heterocycles. The summed E-state index contributed by atoms with van der Waals surface area (Å²) in [5.74, 6) is 0. The standard InChI is InChI=1S/C24H18N2OS/c1-25-21-13-7-8-14-22(21)28-24(25)16-17-15-23(27)26(18-9-3-2-4-10-18)20-12-6-5-11-19(17)20/h2-16H,1H3/b24-16-. The second kappa shape index (κ2) is 6.73. The summed E-state index contributed by atoms with van der Waals surface area (Å²) in [4.78, 5) is 16.5. The molecule has 0 radical (unpaired) electrons. The molecular weight excluding hydrogens is 364 g/mol. The number of benzene rings is 3. The second-order valence-corrected chi connectivity index (χ2v) is 7.80. The van der Waals surface area contributed by atoms with E-state index in [9.17, 15) is 4.79 Å². The van der Waals surface area contributed by atoms with Crippen molar-refractivity contribution >= 4 is 34.4 Å². The van der Waals surface area contributed by atoms with Gasteiger partial charge in [-0.25, -0.2) is 0 Å². The van der Waals surface area contributed by atoms with Crippen LogP contribution < -0.4 is 10.5 Å². The lowest BCUT2D eigenvalue weighted by Crippen LogP contribution is -2.18. The molecule has 1 aliphatic rings. The van der Waals surface area contributed by atoms with Crippen molar-refractivity contribution in [3.8, 4) is 5.69 Å². The van der Waals surface area contributed by atoms with E-state index in [4.69, 9.17) is 0 Å². The Morgan fingerprint density at radius 3 is 2.39 bits per heavy atom. The first kappa shape index (κ1) is 16.9. The van der Waals surface area contributed by atoms with E-state index in [1.165, 1.54) is 10.6 Å². The molecule has 28 heavy (non-hydrogen) atoms. The quantitative estimate of drug-likeness (QED) is 0.456. The Hall–Kier alpha value is -3.24. The van der Waals surface area contributed by atoms with Crippen LogP contribution in [0.4, 0.5) is 5.69 Å². The summed E-state index contributed by atoms with van der Waals surface area (Å²) in [5.41, 5.74) is 3.90. The molecule has 0 unspecified atom stereocenters. The lowest BCUT2D eigenvalue weighted by Gasteiger charge is -2.15. The molecule has 0 bridgehead atoms. The number of pyridine rings is 1. The Labute approximate surface area is 167 Å². The van der Waals surface area contributed by atoms with Crippen LogP contribution in [0.25, 0.3) is 22.7 Å². The van der Waals surface area contributed by atoms with Crippen LogP contribution in [-0.2, 0) is 0 Å². The van der Waals surface area contributed by atoms with E-state index in [2.05, 4.69) is 48.4 Å². The Kier molecular flexibility index (Phi) is 4.06. The summed E-state index contributed by atoms with van der Waals surface area (Å²) in [7, 11) is 2.07. The van der Waals surface area contributed by atoms with Crippen LogP contribution in [0.3, 0.4) is 0 Å². The van der Waals surface area contributed by atoms with Gasteiger partial charge < -0.3 is 4.90 Å². The minimum Gasteiger partial charge on any atom is -0.338 e. The zero-order valence-corrected chi connectivity index (χ0v) is 16.2. The van der Waals surface area contributed by atoms with E-state index in [-0.39, 0.29) is 5.56 Å². The monoisotopic (exact) mass is 382 g/mol. The molecule has 0 spiro atoms. The zero-order chi connectivity index (χ0) is 19.1. The average Bonchev–Trinajstić information content (AvgIpc) is 3.04. The van der Waals surface area contributed by atoms with Crippen LogP contribution in [0, 0.1) is 0 Å². The van der Waals surface area contributed by atoms with Crippen LogP contribution in [0.5, 0.6) is 0 Å². The average molecular weight is 382 g/mol. The molecular formula is C24H18N2OS. The molecule has 4 heteroatoms. The van der Waals surface area contributed by atoms with E-state index < -0.39 is 0 Å². The number of aromatic nitrogens is 1. The van der Waals surface area contributed by atoms with Gasteiger partial charge in [-0.15, -0.1) is 0 Å². The highest BCUT2D eigenvalue weighted by molar-refractivity contribution is 8.03. The van der Waals surface area contributed by atoms with E-state index in [1.54, 1.807) is 22.4 Å². The Morgan fingerprint density at radius 1 is 0.857 bits per heavy atom. The SMILES string of the molecule is CN1/C(=C/c2cc(=O)n(-c3ccccc3)c3ccccc23)Sc2ccccc21. The van der Waals surface area contributed by atoms with Crippen LogP contribution >= 0.6 is 11.8 Å². The number of rotatable bonds is 2. The molecule has 136 valence electrons. The fraction of sp³-hybridized carbons (Fsp3) is 0.0417. The predicted molar refractivity (Wildman–Crippen MR) is 118 cm³/mol. The maximum Gasteiger partial charge on any atom is 0.256 e. The molecule has 0 amide bonds. The number of para-hydroxylation sites is 3. The third-order valence-corrected chi connectivity index (χ3v) is 6.19. The van der Waals surface area contributed by atoms with E-state index >= 15 is 0 Å². The Bertz CT molecular complexity index is 1270. The van der Waals surface area contributed by atoms with Gasteiger partial charge in [0.15, 0.2) is 0 Å². The van der Waals surface area contributed by atoms with Crippen molar-refractivity contribution in [1.82, 2.24) is 4.57 Å². The third kappa shape index (κ3) is 2.74. The van der Waals surface area contributed by atoms with Gasteiger partial charge in [-0.2, -0.15) is 0 Å². The number of thioether (sulfide) groups is 1. The number of anilines is 1. The third-order valence-electron chi connectivity index (χ3n) is 5.02. The molecule has 5 rings (SSSR count). The van der Waals surface area contributed by atoms with Crippen molar-refractivity contribution in [1.29, 1.82) is 0 Å². The number of hydrogen-bond acceptors (Lipinski definition) is 3. The molecule has 0 aliphatic carbocycles. The minimum atomic E-state index is -0.0279. The molecule has 0 fully saturated rings. The molecule has 0 saturated carbocycles. The normalized spacial score (nSPS) is 14.6. The maximum atomic E-state index is 13.0. The fourth-order valence-corrected chi connectivity index (χ4v) is 4.75. The van der Waals surface area contributed by atoms with Crippen molar-refractivity contribution in [3.05, 3.63) is 106 Å². The van der Waals surface area contributed by atoms with Gasteiger partial charge in [0.2, 0.25) is 0 Å². The number of fused-ring (bicyclic) bond motifs is 2. The maximum absolute atomic E-state index is 13.0. The highest BCUT2D eigenvalue weighted by atomic mass is 32.2. The van der Waals surface area contributed by atoms with Gasteiger partial charge in [-0.05, 0) is 42.0 Å². The van der Waals surface area contributed by atoms with E-state index in [0.717, 1.165) is 27.2 Å². The van der Waals surface area contributed by atoms with Gasteiger partial charge in [0, 0.05) is 29.1 Å². The van der Waals surface area contributed by atoms with Gasteiger partial charge in [0.1, 0.15) is 0 Å². The highest BCUT2D eigenvalue weighted by Crippen LogP contribution is 2.45. The van der Waals surface area contributed by atoms with Crippen molar-refractivity contribution in [2.45, 2.75) is 4.90 Å². The minimum absolute atomic E-state index is 0.0279. The lowest BCUT2D eigenvalue weighted by atomic mass is 10.1. The Balaban J connectivity index is 1.70. The molecule has 0 saturated heterocycles. The van der Waals surface area contributed by atoms with Crippen molar-refractivity contribution in [3.63, 3.8) is 0 Å². The number of nitrogens with zero attached hydrogens (tertiary/aromatic N) is 2. The van der Waals surface area contributed by atoms with Gasteiger partial charge >= 0.3 is 0 Å². The summed E-state index contributed by atoms with van der Waals surface area (Å²) in [6, 6.07) is 28.0. The topological polar surface area (TPSA) is 25.2 Å². The molecule has 3 nitrogen and oxygen atoms in total. The predicted octanol–water partition coefficient (Wildman–Crippen LogP) is 5.53. The molecule has 3 aromatic carbocycles. The van der Waals surface area contributed by atoms with E-state index in [0.29, 0.717) is 0 Å². The van der Waals surface area contributed by atoms with Gasteiger partial charge in [-0.1, -0.05) is 60.3 Å². The van der Waals surface area contributed by atoms with Crippen molar-refractivity contribution in [2.24, 2.45) is 0 Å². The van der Waals surface area contributed by atoms with Crippen LogP contribution in [0.1, 0.15) is 5.56 Å². The highest BCUT2D eigenvalue weighted by Gasteiger charge is 2.21. The first-order valence-corrected chi connectivity index (χ1v) is 9.96. The van der Waals surface area contributed by atoms with Gasteiger partial charge in [0.05, 0.1) is 16.2 Å². The van der Waals surface area contributed by atoms with Crippen molar-refractivity contribution in [2.75, 3.05) is 11.9 Å². The lowest BCUT2D eigenvalue weighted by molar-refractivity contribution is 1.04. The van der Waals surface area contributed by atoms with Crippen LogP contribution in [-0.4, -0.2) is 11.6 Å². The number of hydrogen-bond donors (Lipinski definition) is 0. The summed E-state index contributed by atoms with van der Waals surface area (Å²) in [5, 5.41) is 2.17. The molecule has 0 N–H and O–H groups in total. The summed E-state index contributed by atoms with van der Waals surface area (Å²) in [6.45, 7) is 0. The summed E-state index contributed by atoms with van der Waals surface area (Å²) >= 11 is 1.73. The van der Waals surface area contributed by atoms with Crippen LogP contribution in [0.2, 0.25) is 0 Å². The fourth-order valence-electron chi connectivity index (χ4n) is 3.65. The van der Waals surface area contributed by atoms with Crippen LogP contribution in [0.15, 0.2) is 99.6 Å². The molecule has 4 aromatic rings. The van der Waals surface area contributed by atoms with Gasteiger partial charge in [0.25, 0.3) is 5.56 Å². The smallest absolute Gasteiger partial charge is 0.256 e. The first-order chi connectivity index (χ1) is 13.7. The summed E-state index contributed by atoms with van der Waals surface area (Å²) in [6.07, 6.45) is 2.11. The summed E-state index contributed by atoms with van der Waals surface area (Å²) < 4.78 is 1.78. The molecule has 0 atom stereocenters. The zero-order valence-electron chi connectivity index (χ0n) is 15.4. The first-order valence-electron chi connectivity index (χ1n) is 9.15. The Morgan fingerprint density at radius 2 is 1.57 bits per heavy atom. The molecule has 1 aliphatic heterocycles. The largest absolute Gasteiger partial charge is 0.338 e. The van der Waals surface area contributed by atoms with E-state index in [1.807, 2.05) is 48.5 Å².